The molecule has 0 spiro atoms. The molecule has 0 saturated carbocycles. The van der Waals surface area contributed by atoms with E-state index < -0.39 is 0 Å². The lowest BCUT2D eigenvalue weighted by Gasteiger charge is -2.07. The number of aryl methyl sites for hydroxylation is 2. The van der Waals surface area contributed by atoms with Gasteiger partial charge in [-0.2, -0.15) is 0 Å². The van der Waals surface area contributed by atoms with E-state index in [-0.39, 0.29) is 0 Å². The van der Waals surface area contributed by atoms with E-state index in [4.69, 9.17) is 0 Å². The normalized spacial score (nSPS) is 10.8. The van der Waals surface area contributed by atoms with Crippen molar-refractivity contribution in [1.82, 2.24) is 4.98 Å². The smallest absolute Gasteiger partial charge is 0.0780 e. The Morgan fingerprint density at radius 2 is 1.67 bits per heavy atom. The number of fused-ring (bicyclic) bond motifs is 1. The summed E-state index contributed by atoms with van der Waals surface area (Å²) in [6.45, 7) is 4.23. The number of rotatable bonds is 1. The molecular weight excluding hydrogens is 218 g/mol. The molecule has 0 N–H and O–H groups in total. The van der Waals surface area contributed by atoms with Gasteiger partial charge in [0.1, 0.15) is 0 Å². The molecule has 1 aromatic heterocycles. The molecule has 1 nitrogen and oxygen atoms in total. The Morgan fingerprint density at radius 1 is 0.833 bits per heavy atom. The summed E-state index contributed by atoms with van der Waals surface area (Å²) in [5.74, 6) is 0. The molecule has 0 radical (unpaired) electrons. The molecule has 3 rings (SSSR count). The maximum absolute atomic E-state index is 4.56. The van der Waals surface area contributed by atoms with Gasteiger partial charge in [-0.25, -0.2) is 0 Å². The lowest BCUT2D eigenvalue weighted by atomic mass is 10.0. The van der Waals surface area contributed by atoms with Gasteiger partial charge in [0.2, 0.25) is 0 Å². The molecule has 0 atom stereocenters. The summed E-state index contributed by atoms with van der Waals surface area (Å²) in [4.78, 5) is 4.56. The van der Waals surface area contributed by atoms with Crippen LogP contribution in [0.2, 0.25) is 0 Å². The molecule has 2 aromatic carbocycles. The predicted molar refractivity (Wildman–Crippen MR) is 76.7 cm³/mol. The van der Waals surface area contributed by atoms with Crippen LogP contribution in [0.5, 0.6) is 0 Å². The molecule has 0 amide bonds. The molecule has 0 fully saturated rings. The monoisotopic (exact) mass is 233 g/mol. The van der Waals surface area contributed by atoms with Gasteiger partial charge in [0.05, 0.1) is 5.69 Å². The molecule has 0 unspecified atom stereocenters. The lowest BCUT2D eigenvalue weighted by molar-refractivity contribution is 1.34. The molecule has 0 saturated heterocycles. The van der Waals surface area contributed by atoms with E-state index in [0.29, 0.717) is 0 Å². The number of aromatic nitrogens is 1. The van der Waals surface area contributed by atoms with Crippen LogP contribution in [-0.4, -0.2) is 4.98 Å². The molecule has 0 bridgehead atoms. The average molecular weight is 233 g/mol. The van der Waals surface area contributed by atoms with Crippen molar-refractivity contribution in [3.8, 4) is 11.3 Å². The Balaban J connectivity index is 2.32. The first-order valence-electron chi connectivity index (χ1n) is 6.16. The SMILES string of the molecule is Cc1cccc(-c2nccc3ccc(C)cc23)c1. The second-order valence-corrected chi connectivity index (χ2v) is 4.75. The maximum atomic E-state index is 4.56. The minimum absolute atomic E-state index is 1.07. The van der Waals surface area contributed by atoms with Crippen LogP contribution in [-0.2, 0) is 0 Å². The molecule has 0 aliphatic rings. The van der Waals surface area contributed by atoms with Gasteiger partial charge in [-0.15, -0.1) is 0 Å². The Morgan fingerprint density at radius 3 is 2.50 bits per heavy atom. The quantitative estimate of drug-likeness (QED) is 0.602. The lowest BCUT2D eigenvalue weighted by Crippen LogP contribution is -1.87. The minimum Gasteiger partial charge on any atom is -0.256 e. The number of hydrogen-bond acceptors (Lipinski definition) is 1. The van der Waals surface area contributed by atoms with Gasteiger partial charge in [-0.1, -0.05) is 41.5 Å². The van der Waals surface area contributed by atoms with Gasteiger partial charge in [-0.3, -0.25) is 4.98 Å². The number of hydrogen-bond donors (Lipinski definition) is 0. The first-order chi connectivity index (χ1) is 8.74. The van der Waals surface area contributed by atoms with Crippen molar-refractivity contribution in [3.05, 3.63) is 65.9 Å². The highest BCUT2D eigenvalue weighted by atomic mass is 14.7. The zero-order chi connectivity index (χ0) is 12.5. The largest absolute Gasteiger partial charge is 0.256 e. The fraction of sp³-hybridized carbons (Fsp3) is 0.118. The molecule has 0 aliphatic heterocycles. The Labute approximate surface area is 107 Å². The standard InChI is InChI=1S/C17H15N/c1-12-4-3-5-15(10-12)17-16-11-13(2)6-7-14(16)8-9-18-17/h3-11H,1-2H3. The van der Waals surface area contributed by atoms with E-state index in [0.717, 1.165) is 5.69 Å². The van der Waals surface area contributed by atoms with Gasteiger partial charge in [0.15, 0.2) is 0 Å². The summed E-state index contributed by atoms with van der Waals surface area (Å²) in [6, 6.07) is 17.1. The van der Waals surface area contributed by atoms with E-state index in [1.54, 1.807) is 0 Å². The molecule has 18 heavy (non-hydrogen) atoms. The molecule has 88 valence electrons. The van der Waals surface area contributed by atoms with E-state index >= 15 is 0 Å². The van der Waals surface area contributed by atoms with E-state index in [1.165, 1.54) is 27.5 Å². The summed E-state index contributed by atoms with van der Waals surface area (Å²) < 4.78 is 0. The third-order valence-corrected chi connectivity index (χ3v) is 3.21. The van der Waals surface area contributed by atoms with Crippen LogP contribution in [0.25, 0.3) is 22.0 Å². The Hall–Kier alpha value is -2.15. The second-order valence-electron chi connectivity index (χ2n) is 4.75. The third kappa shape index (κ3) is 1.88. The highest BCUT2D eigenvalue weighted by Crippen LogP contribution is 2.27. The van der Waals surface area contributed by atoms with Gasteiger partial charge in [0, 0.05) is 17.1 Å². The minimum atomic E-state index is 1.07. The highest BCUT2D eigenvalue weighted by molar-refractivity contribution is 5.94. The predicted octanol–water partition coefficient (Wildman–Crippen LogP) is 4.52. The number of pyridine rings is 1. The van der Waals surface area contributed by atoms with Crippen LogP contribution in [0.4, 0.5) is 0 Å². The summed E-state index contributed by atoms with van der Waals surface area (Å²) in [7, 11) is 0. The Bertz CT molecular complexity index is 714. The van der Waals surface area contributed by atoms with Crippen molar-refractivity contribution < 1.29 is 0 Å². The maximum Gasteiger partial charge on any atom is 0.0780 e. The zero-order valence-corrected chi connectivity index (χ0v) is 10.6. The van der Waals surface area contributed by atoms with Crippen molar-refractivity contribution >= 4 is 10.8 Å². The van der Waals surface area contributed by atoms with Gasteiger partial charge in [0.25, 0.3) is 0 Å². The van der Waals surface area contributed by atoms with Crippen LogP contribution < -0.4 is 0 Å². The average Bonchev–Trinajstić information content (AvgIpc) is 2.38. The fourth-order valence-electron chi connectivity index (χ4n) is 2.30. The molecule has 0 aliphatic carbocycles. The van der Waals surface area contributed by atoms with Gasteiger partial charge >= 0.3 is 0 Å². The molecular formula is C17H15N. The first-order valence-corrected chi connectivity index (χ1v) is 6.16. The first kappa shape index (κ1) is 11.0. The summed E-state index contributed by atoms with van der Waals surface area (Å²) in [5.41, 5.74) is 4.79. The van der Waals surface area contributed by atoms with Crippen LogP contribution in [0.1, 0.15) is 11.1 Å². The van der Waals surface area contributed by atoms with Crippen LogP contribution in [0, 0.1) is 13.8 Å². The summed E-state index contributed by atoms with van der Waals surface area (Å²) in [5, 5.41) is 2.47. The molecule has 3 aromatic rings. The number of nitrogens with zero attached hydrogens (tertiary/aromatic N) is 1. The van der Waals surface area contributed by atoms with E-state index in [1.807, 2.05) is 6.20 Å². The number of benzene rings is 2. The summed E-state index contributed by atoms with van der Waals surface area (Å²) in [6.07, 6.45) is 1.88. The van der Waals surface area contributed by atoms with Crippen molar-refractivity contribution in [1.29, 1.82) is 0 Å². The third-order valence-electron chi connectivity index (χ3n) is 3.21. The fourth-order valence-corrected chi connectivity index (χ4v) is 2.30. The van der Waals surface area contributed by atoms with E-state index in [9.17, 15) is 0 Å². The topological polar surface area (TPSA) is 12.9 Å². The Kier molecular flexibility index (Phi) is 2.60. The van der Waals surface area contributed by atoms with Crippen molar-refractivity contribution in [2.45, 2.75) is 13.8 Å². The molecule has 1 heterocycles. The van der Waals surface area contributed by atoms with Crippen molar-refractivity contribution in [2.24, 2.45) is 0 Å². The van der Waals surface area contributed by atoms with E-state index in [2.05, 4.69) is 67.4 Å². The van der Waals surface area contributed by atoms with Gasteiger partial charge < -0.3 is 0 Å². The van der Waals surface area contributed by atoms with Crippen molar-refractivity contribution in [3.63, 3.8) is 0 Å². The molecule has 1 heteroatoms. The highest BCUT2D eigenvalue weighted by Gasteiger charge is 2.05. The summed E-state index contributed by atoms with van der Waals surface area (Å²) >= 11 is 0. The van der Waals surface area contributed by atoms with Gasteiger partial charge in [-0.05, 0) is 37.4 Å². The van der Waals surface area contributed by atoms with Crippen molar-refractivity contribution in [2.75, 3.05) is 0 Å². The van der Waals surface area contributed by atoms with Crippen LogP contribution in [0.15, 0.2) is 54.7 Å². The van der Waals surface area contributed by atoms with Crippen LogP contribution in [0.3, 0.4) is 0 Å². The zero-order valence-electron chi connectivity index (χ0n) is 10.6. The second kappa shape index (κ2) is 4.26. The van der Waals surface area contributed by atoms with Crippen LogP contribution >= 0.6 is 0 Å².